The summed E-state index contributed by atoms with van der Waals surface area (Å²) in [6.07, 6.45) is 0. The minimum atomic E-state index is -3.03. The normalized spacial score (nSPS) is 10.3. The molecule has 0 aliphatic carbocycles. The third-order valence-electron chi connectivity index (χ3n) is 3.54. The van der Waals surface area contributed by atoms with Gasteiger partial charge in [0.15, 0.2) is 6.61 Å². The van der Waals surface area contributed by atoms with Gasteiger partial charge in [-0.25, -0.2) is 0 Å². The van der Waals surface area contributed by atoms with E-state index in [1.807, 2.05) is 0 Å². The van der Waals surface area contributed by atoms with E-state index in [1.54, 1.807) is 12.1 Å². The molecule has 0 fully saturated rings. The Labute approximate surface area is 175 Å². The van der Waals surface area contributed by atoms with Crippen molar-refractivity contribution in [3.05, 3.63) is 53.1 Å². The number of hydrogen-bond donors (Lipinski definition) is 2. The van der Waals surface area contributed by atoms with E-state index in [-0.39, 0.29) is 16.5 Å². The molecule has 2 aromatic rings. The Bertz CT molecular complexity index is 908. The van der Waals surface area contributed by atoms with Crippen LogP contribution in [0.3, 0.4) is 0 Å². The molecule has 2 rings (SSSR count). The van der Waals surface area contributed by atoms with E-state index in [0.717, 1.165) is 6.07 Å². The van der Waals surface area contributed by atoms with Crippen molar-refractivity contribution in [3.8, 4) is 11.5 Å². The summed E-state index contributed by atoms with van der Waals surface area (Å²) in [5.74, 6) is -1.69. The van der Waals surface area contributed by atoms with Crippen molar-refractivity contribution >= 4 is 35.1 Å². The van der Waals surface area contributed by atoms with Crippen molar-refractivity contribution in [1.29, 1.82) is 0 Å². The van der Waals surface area contributed by atoms with Gasteiger partial charge in [0.25, 0.3) is 11.8 Å². The van der Waals surface area contributed by atoms with Gasteiger partial charge in [0.1, 0.15) is 18.0 Å². The van der Waals surface area contributed by atoms with E-state index in [1.165, 1.54) is 31.4 Å². The SMILES string of the molecule is COc1ccc(C(=O)NCC(=O)OCC(=O)Nc2ccc(OC(F)F)c(Cl)c2)cc1. The first kappa shape index (κ1) is 22.9. The average Bonchev–Trinajstić information content (AvgIpc) is 2.72. The number of anilines is 1. The molecule has 0 spiro atoms. The van der Waals surface area contributed by atoms with Crippen molar-refractivity contribution in [2.45, 2.75) is 6.61 Å². The zero-order chi connectivity index (χ0) is 22.1. The number of carbonyl (C=O) groups excluding carboxylic acids is 3. The fraction of sp³-hybridized carbons (Fsp3) is 0.211. The van der Waals surface area contributed by atoms with Gasteiger partial charge in [-0.05, 0) is 42.5 Å². The third kappa shape index (κ3) is 7.21. The van der Waals surface area contributed by atoms with Crippen molar-refractivity contribution in [2.75, 3.05) is 25.6 Å². The first-order valence-corrected chi connectivity index (χ1v) is 8.78. The number of rotatable bonds is 9. The number of hydrogen-bond acceptors (Lipinski definition) is 6. The summed E-state index contributed by atoms with van der Waals surface area (Å²) in [6.45, 7) is -4.10. The maximum absolute atomic E-state index is 12.2. The van der Waals surface area contributed by atoms with Crippen molar-refractivity contribution in [2.24, 2.45) is 0 Å². The Kier molecular flexibility index (Phi) is 8.36. The number of nitrogens with one attached hydrogen (secondary N) is 2. The first-order valence-electron chi connectivity index (χ1n) is 8.40. The molecule has 11 heteroatoms. The van der Waals surface area contributed by atoms with Crippen molar-refractivity contribution < 1.29 is 37.4 Å². The molecular weight excluding hydrogens is 426 g/mol. The fourth-order valence-corrected chi connectivity index (χ4v) is 2.39. The van der Waals surface area contributed by atoms with Gasteiger partial charge in [-0.2, -0.15) is 8.78 Å². The van der Waals surface area contributed by atoms with Gasteiger partial charge in [-0.3, -0.25) is 14.4 Å². The molecule has 0 saturated carbocycles. The topological polar surface area (TPSA) is 103 Å². The molecule has 0 unspecified atom stereocenters. The maximum atomic E-state index is 12.2. The molecule has 2 N–H and O–H groups in total. The fourth-order valence-electron chi connectivity index (χ4n) is 2.16. The summed E-state index contributed by atoms with van der Waals surface area (Å²) >= 11 is 5.78. The monoisotopic (exact) mass is 442 g/mol. The number of benzene rings is 2. The number of esters is 1. The largest absolute Gasteiger partial charge is 0.497 e. The lowest BCUT2D eigenvalue weighted by atomic mass is 10.2. The van der Waals surface area contributed by atoms with Gasteiger partial charge >= 0.3 is 12.6 Å². The highest BCUT2D eigenvalue weighted by Crippen LogP contribution is 2.28. The van der Waals surface area contributed by atoms with Gasteiger partial charge in [-0.1, -0.05) is 11.6 Å². The number of amides is 2. The number of alkyl halides is 2. The van der Waals surface area contributed by atoms with Crippen LogP contribution in [0.2, 0.25) is 5.02 Å². The molecule has 0 heterocycles. The molecule has 0 aliphatic heterocycles. The molecule has 0 aliphatic rings. The molecule has 0 aromatic heterocycles. The average molecular weight is 443 g/mol. The van der Waals surface area contributed by atoms with Crippen LogP contribution in [0.4, 0.5) is 14.5 Å². The second kappa shape index (κ2) is 11.0. The van der Waals surface area contributed by atoms with Gasteiger partial charge in [0.05, 0.1) is 12.1 Å². The van der Waals surface area contributed by atoms with E-state index in [0.29, 0.717) is 11.3 Å². The lowest BCUT2D eigenvalue weighted by Gasteiger charge is -2.10. The minimum Gasteiger partial charge on any atom is -0.497 e. The van der Waals surface area contributed by atoms with Crippen molar-refractivity contribution in [3.63, 3.8) is 0 Å². The molecule has 0 atom stereocenters. The highest BCUT2D eigenvalue weighted by molar-refractivity contribution is 6.32. The third-order valence-corrected chi connectivity index (χ3v) is 3.84. The molecule has 160 valence electrons. The Morgan fingerprint density at radius 1 is 1.10 bits per heavy atom. The predicted octanol–water partition coefficient (Wildman–Crippen LogP) is 2.86. The molecule has 8 nitrogen and oxygen atoms in total. The highest BCUT2D eigenvalue weighted by Gasteiger charge is 2.13. The quantitative estimate of drug-likeness (QED) is 0.579. The van der Waals surface area contributed by atoms with Crippen molar-refractivity contribution in [1.82, 2.24) is 5.32 Å². The number of carbonyl (C=O) groups is 3. The van der Waals surface area contributed by atoms with E-state index in [4.69, 9.17) is 21.1 Å². The Balaban J connectivity index is 1.75. The smallest absolute Gasteiger partial charge is 0.387 e. The van der Waals surface area contributed by atoms with Gasteiger partial charge in [-0.15, -0.1) is 0 Å². The van der Waals surface area contributed by atoms with Crippen LogP contribution in [0.1, 0.15) is 10.4 Å². The first-order chi connectivity index (χ1) is 14.3. The highest BCUT2D eigenvalue weighted by atomic mass is 35.5. The van der Waals surface area contributed by atoms with Crippen LogP contribution in [-0.4, -0.2) is 44.7 Å². The summed E-state index contributed by atoms with van der Waals surface area (Å²) in [4.78, 5) is 35.5. The lowest BCUT2D eigenvalue weighted by molar-refractivity contribution is -0.146. The summed E-state index contributed by atoms with van der Waals surface area (Å²) in [5.41, 5.74) is 0.507. The second-order valence-electron chi connectivity index (χ2n) is 5.64. The van der Waals surface area contributed by atoms with Crippen LogP contribution in [0.25, 0.3) is 0 Å². The molecule has 0 saturated heterocycles. The number of methoxy groups -OCH3 is 1. The summed E-state index contributed by atoms with van der Waals surface area (Å²) in [6, 6.07) is 9.88. The van der Waals surface area contributed by atoms with Crippen LogP contribution in [0, 0.1) is 0 Å². The molecule has 0 radical (unpaired) electrons. The Hall–Kier alpha value is -3.40. The lowest BCUT2D eigenvalue weighted by Crippen LogP contribution is -2.32. The Morgan fingerprint density at radius 2 is 1.80 bits per heavy atom. The maximum Gasteiger partial charge on any atom is 0.387 e. The molecule has 2 amide bonds. The van der Waals surface area contributed by atoms with Crippen LogP contribution in [0.5, 0.6) is 11.5 Å². The van der Waals surface area contributed by atoms with Crippen LogP contribution >= 0.6 is 11.6 Å². The van der Waals surface area contributed by atoms with Gasteiger partial charge in [0.2, 0.25) is 0 Å². The van der Waals surface area contributed by atoms with Crippen LogP contribution in [-0.2, 0) is 14.3 Å². The number of halogens is 3. The minimum absolute atomic E-state index is 0.133. The van der Waals surface area contributed by atoms with E-state index in [2.05, 4.69) is 15.4 Å². The van der Waals surface area contributed by atoms with Gasteiger partial charge < -0.3 is 24.8 Å². The molecule has 0 bridgehead atoms. The van der Waals surface area contributed by atoms with E-state index < -0.39 is 37.5 Å². The standard InChI is InChI=1S/C19H17ClF2N2O6/c1-28-13-5-2-11(3-6-13)18(27)23-9-17(26)29-10-16(25)24-12-4-7-15(14(20)8-12)30-19(21)22/h2-8,19H,9-10H2,1H3,(H,23,27)(H,24,25). The van der Waals surface area contributed by atoms with E-state index >= 15 is 0 Å². The van der Waals surface area contributed by atoms with E-state index in [9.17, 15) is 23.2 Å². The zero-order valence-electron chi connectivity index (χ0n) is 15.6. The predicted molar refractivity (Wildman–Crippen MR) is 103 cm³/mol. The van der Waals surface area contributed by atoms with Crippen LogP contribution in [0.15, 0.2) is 42.5 Å². The summed E-state index contributed by atoms with van der Waals surface area (Å²) < 4.78 is 38.3. The molecule has 30 heavy (non-hydrogen) atoms. The molecular formula is C19H17ClF2N2O6. The summed E-state index contributed by atoms with van der Waals surface area (Å²) in [5, 5.41) is 4.60. The number of ether oxygens (including phenoxy) is 3. The van der Waals surface area contributed by atoms with Gasteiger partial charge in [0, 0.05) is 11.3 Å². The second-order valence-corrected chi connectivity index (χ2v) is 6.05. The summed E-state index contributed by atoms with van der Waals surface area (Å²) in [7, 11) is 1.49. The zero-order valence-corrected chi connectivity index (χ0v) is 16.4. The Morgan fingerprint density at radius 3 is 2.40 bits per heavy atom. The van der Waals surface area contributed by atoms with Crippen LogP contribution < -0.4 is 20.1 Å². The molecule has 2 aromatic carbocycles.